The Bertz CT molecular complexity index is 557. The SMILES string of the molecule is O=C(NCCCn1cccn1)NCCc1cccc(F)c1. The second-order valence-electron chi connectivity index (χ2n) is 4.69. The third-order valence-electron chi connectivity index (χ3n) is 3.00. The van der Waals surface area contributed by atoms with Crippen LogP contribution < -0.4 is 10.6 Å². The highest BCUT2D eigenvalue weighted by Gasteiger charge is 2.00. The second-order valence-corrected chi connectivity index (χ2v) is 4.69. The van der Waals surface area contributed by atoms with Gasteiger partial charge in [-0.2, -0.15) is 5.10 Å². The van der Waals surface area contributed by atoms with Crippen LogP contribution in [0, 0.1) is 5.82 Å². The van der Waals surface area contributed by atoms with E-state index in [4.69, 9.17) is 0 Å². The molecule has 1 aromatic heterocycles. The molecule has 0 bridgehead atoms. The third kappa shape index (κ3) is 5.64. The van der Waals surface area contributed by atoms with E-state index in [1.54, 1.807) is 12.3 Å². The van der Waals surface area contributed by atoms with Gasteiger partial charge in [0, 0.05) is 32.0 Å². The van der Waals surface area contributed by atoms with E-state index in [1.165, 1.54) is 12.1 Å². The smallest absolute Gasteiger partial charge is 0.314 e. The minimum Gasteiger partial charge on any atom is -0.338 e. The number of hydrogen-bond donors (Lipinski definition) is 2. The molecule has 6 heteroatoms. The van der Waals surface area contributed by atoms with E-state index in [1.807, 2.05) is 23.0 Å². The van der Waals surface area contributed by atoms with Crippen molar-refractivity contribution in [3.63, 3.8) is 0 Å². The van der Waals surface area contributed by atoms with Crippen LogP contribution in [0.2, 0.25) is 0 Å². The van der Waals surface area contributed by atoms with Crippen LogP contribution in [0.25, 0.3) is 0 Å². The maximum Gasteiger partial charge on any atom is 0.314 e. The molecule has 2 aromatic rings. The molecule has 5 nitrogen and oxygen atoms in total. The van der Waals surface area contributed by atoms with Gasteiger partial charge in [0.25, 0.3) is 0 Å². The standard InChI is InChI=1S/C15H19FN4O/c16-14-5-1-4-13(12-14)6-9-18-15(21)17-7-2-10-20-11-3-8-19-20/h1,3-5,8,11-12H,2,6-7,9-10H2,(H2,17,18,21). The van der Waals surface area contributed by atoms with Crippen LogP contribution in [0.5, 0.6) is 0 Å². The largest absolute Gasteiger partial charge is 0.338 e. The monoisotopic (exact) mass is 290 g/mol. The zero-order valence-corrected chi connectivity index (χ0v) is 11.8. The lowest BCUT2D eigenvalue weighted by atomic mass is 10.1. The summed E-state index contributed by atoms with van der Waals surface area (Å²) in [7, 11) is 0. The van der Waals surface area contributed by atoms with Gasteiger partial charge in [0.2, 0.25) is 0 Å². The van der Waals surface area contributed by atoms with E-state index in [2.05, 4.69) is 15.7 Å². The molecule has 112 valence electrons. The Morgan fingerprint density at radius 3 is 2.86 bits per heavy atom. The number of halogens is 1. The summed E-state index contributed by atoms with van der Waals surface area (Å²) in [5.41, 5.74) is 0.869. The van der Waals surface area contributed by atoms with Crippen LogP contribution in [0.1, 0.15) is 12.0 Å². The van der Waals surface area contributed by atoms with Gasteiger partial charge in [0.05, 0.1) is 0 Å². The second kappa shape index (κ2) is 8.04. The van der Waals surface area contributed by atoms with Crippen LogP contribution in [0.3, 0.4) is 0 Å². The Balaban J connectivity index is 1.55. The third-order valence-corrected chi connectivity index (χ3v) is 3.00. The van der Waals surface area contributed by atoms with E-state index in [0.29, 0.717) is 19.5 Å². The molecule has 0 radical (unpaired) electrons. The van der Waals surface area contributed by atoms with Crippen molar-refractivity contribution >= 4 is 6.03 Å². The highest BCUT2D eigenvalue weighted by molar-refractivity contribution is 5.73. The molecule has 2 rings (SSSR count). The first-order valence-corrected chi connectivity index (χ1v) is 6.97. The van der Waals surface area contributed by atoms with Crippen molar-refractivity contribution in [1.29, 1.82) is 0 Å². The van der Waals surface area contributed by atoms with Crippen LogP contribution in [0.15, 0.2) is 42.7 Å². The molecular formula is C15H19FN4O. The topological polar surface area (TPSA) is 59.0 Å². The quantitative estimate of drug-likeness (QED) is 0.766. The predicted octanol–water partition coefficient (Wildman–Crippen LogP) is 1.95. The predicted molar refractivity (Wildman–Crippen MR) is 78.3 cm³/mol. The normalized spacial score (nSPS) is 10.3. The van der Waals surface area contributed by atoms with Gasteiger partial charge in [-0.15, -0.1) is 0 Å². The van der Waals surface area contributed by atoms with Gasteiger partial charge in [-0.05, 0) is 36.6 Å². The lowest BCUT2D eigenvalue weighted by Crippen LogP contribution is -2.37. The minimum atomic E-state index is -0.254. The van der Waals surface area contributed by atoms with E-state index in [0.717, 1.165) is 18.5 Å². The molecule has 0 saturated carbocycles. The summed E-state index contributed by atoms with van der Waals surface area (Å²) in [6.45, 7) is 1.84. The first-order valence-electron chi connectivity index (χ1n) is 6.97. The number of nitrogens with one attached hydrogen (secondary N) is 2. The molecule has 2 amide bonds. The molecule has 0 aliphatic carbocycles. The van der Waals surface area contributed by atoms with E-state index >= 15 is 0 Å². The van der Waals surface area contributed by atoms with Gasteiger partial charge >= 0.3 is 6.03 Å². The molecule has 0 spiro atoms. The van der Waals surface area contributed by atoms with E-state index in [9.17, 15) is 9.18 Å². The summed E-state index contributed by atoms with van der Waals surface area (Å²) >= 11 is 0. The van der Waals surface area contributed by atoms with Gasteiger partial charge in [0.1, 0.15) is 5.82 Å². The molecule has 0 unspecified atom stereocenters. The van der Waals surface area contributed by atoms with Crippen molar-refractivity contribution < 1.29 is 9.18 Å². The molecule has 0 aliphatic rings. The molecule has 1 heterocycles. The number of aromatic nitrogens is 2. The highest BCUT2D eigenvalue weighted by atomic mass is 19.1. The number of rotatable bonds is 7. The van der Waals surface area contributed by atoms with E-state index in [-0.39, 0.29) is 11.8 Å². The summed E-state index contributed by atoms with van der Waals surface area (Å²) in [4.78, 5) is 11.5. The number of carbonyl (C=O) groups excluding carboxylic acids is 1. The summed E-state index contributed by atoms with van der Waals surface area (Å²) in [6, 6.07) is 8.05. The molecule has 0 aliphatic heterocycles. The summed E-state index contributed by atoms with van der Waals surface area (Å²) in [5.74, 6) is -0.254. The summed E-state index contributed by atoms with van der Waals surface area (Å²) < 4.78 is 14.8. The van der Waals surface area contributed by atoms with Crippen LogP contribution in [0.4, 0.5) is 9.18 Å². The van der Waals surface area contributed by atoms with Gasteiger partial charge in [-0.25, -0.2) is 9.18 Å². The van der Waals surface area contributed by atoms with Crippen LogP contribution >= 0.6 is 0 Å². The summed E-state index contributed by atoms with van der Waals surface area (Å²) in [6.07, 6.45) is 5.04. The van der Waals surface area contributed by atoms with Gasteiger partial charge in [0.15, 0.2) is 0 Å². The van der Waals surface area contributed by atoms with E-state index < -0.39 is 0 Å². The lowest BCUT2D eigenvalue weighted by Gasteiger charge is -2.08. The van der Waals surface area contributed by atoms with Gasteiger partial charge in [-0.3, -0.25) is 4.68 Å². The average molecular weight is 290 g/mol. The van der Waals surface area contributed by atoms with Crippen LogP contribution in [-0.4, -0.2) is 28.9 Å². The van der Waals surface area contributed by atoms with Crippen molar-refractivity contribution in [3.8, 4) is 0 Å². The zero-order valence-electron chi connectivity index (χ0n) is 11.8. The van der Waals surface area contributed by atoms with Crippen molar-refractivity contribution in [2.75, 3.05) is 13.1 Å². The number of carbonyl (C=O) groups is 1. The van der Waals surface area contributed by atoms with Crippen molar-refractivity contribution in [2.45, 2.75) is 19.4 Å². The number of aryl methyl sites for hydroxylation is 1. The molecule has 0 saturated heterocycles. The zero-order chi connectivity index (χ0) is 14.9. The van der Waals surface area contributed by atoms with Crippen molar-refractivity contribution in [3.05, 3.63) is 54.1 Å². The fourth-order valence-electron chi connectivity index (χ4n) is 1.95. The average Bonchev–Trinajstić information content (AvgIpc) is 2.97. The number of amides is 2. The van der Waals surface area contributed by atoms with Crippen molar-refractivity contribution in [2.24, 2.45) is 0 Å². The van der Waals surface area contributed by atoms with Gasteiger partial charge in [-0.1, -0.05) is 12.1 Å². The Morgan fingerprint density at radius 2 is 2.10 bits per heavy atom. The molecule has 0 atom stereocenters. The van der Waals surface area contributed by atoms with Gasteiger partial charge < -0.3 is 10.6 Å². The van der Waals surface area contributed by atoms with Crippen LogP contribution in [-0.2, 0) is 13.0 Å². The number of benzene rings is 1. The first kappa shape index (κ1) is 15.0. The Morgan fingerprint density at radius 1 is 1.24 bits per heavy atom. The number of nitrogens with zero attached hydrogens (tertiary/aromatic N) is 2. The number of urea groups is 1. The highest BCUT2D eigenvalue weighted by Crippen LogP contribution is 2.03. The molecule has 0 fully saturated rings. The number of hydrogen-bond acceptors (Lipinski definition) is 2. The maximum atomic E-state index is 13.0. The summed E-state index contributed by atoms with van der Waals surface area (Å²) in [5, 5.41) is 9.61. The van der Waals surface area contributed by atoms with Crippen molar-refractivity contribution in [1.82, 2.24) is 20.4 Å². The molecule has 1 aromatic carbocycles. The maximum absolute atomic E-state index is 13.0. The Hall–Kier alpha value is -2.37. The lowest BCUT2D eigenvalue weighted by molar-refractivity contribution is 0.240. The molecule has 2 N–H and O–H groups in total. The Kier molecular flexibility index (Phi) is 5.75. The minimum absolute atomic E-state index is 0.202. The molecule has 21 heavy (non-hydrogen) atoms. The Labute approximate surface area is 123 Å². The fraction of sp³-hybridized carbons (Fsp3) is 0.333. The molecular weight excluding hydrogens is 271 g/mol. The first-order chi connectivity index (χ1) is 10.2. The fourth-order valence-corrected chi connectivity index (χ4v) is 1.95.